The second-order valence-electron chi connectivity index (χ2n) is 4.71. The van der Waals surface area contributed by atoms with Crippen molar-refractivity contribution < 1.29 is 14.8 Å². The van der Waals surface area contributed by atoms with Gasteiger partial charge in [0.15, 0.2) is 0 Å². The van der Waals surface area contributed by atoms with Gasteiger partial charge in [0.2, 0.25) is 5.91 Å². The van der Waals surface area contributed by atoms with Crippen molar-refractivity contribution in [1.82, 2.24) is 10.2 Å². The molecule has 1 amide bonds. The molecule has 0 aromatic rings. The number of likely N-dealkylation sites (tertiary alicyclic amines) is 1. The molecule has 0 aromatic heterocycles. The summed E-state index contributed by atoms with van der Waals surface area (Å²) in [6.45, 7) is 1.65. The Balaban J connectivity index is 1.87. The molecule has 2 heterocycles. The summed E-state index contributed by atoms with van der Waals surface area (Å²) in [6, 6.07) is 0.282. The molecule has 2 atom stereocenters. The van der Waals surface area contributed by atoms with E-state index in [1.807, 2.05) is 0 Å². The van der Waals surface area contributed by atoms with E-state index in [4.69, 9.17) is 0 Å². The summed E-state index contributed by atoms with van der Waals surface area (Å²) < 4.78 is 0. The summed E-state index contributed by atoms with van der Waals surface area (Å²) in [5.74, 6) is -0.344. The number of nitrogens with zero attached hydrogens (tertiary/aromatic N) is 1. The SMILES string of the molecule is O=C(CC1CCCN1)N1CCC[C@H]1B(O)O. The van der Waals surface area contributed by atoms with Gasteiger partial charge in [-0.15, -0.1) is 0 Å². The maximum absolute atomic E-state index is 12.0. The van der Waals surface area contributed by atoms with Crippen molar-refractivity contribution in [3.05, 3.63) is 0 Å². The first kappa shape index (κ1) is 11.9. The zero-order chi connectivity index (χ0) is 11.5. The van der Waals surface area contributed by atoms with E-state index < -0.39 is 13.1 Å². The number of rotatable bonds is 3. The topological polar surface area (TPSA) is 72.8 Å². The van der Waals surface area contributed by atoms with Crippen LogP contribution in [0.3, 0.4) is 0 Å². The summed E-state index contributed by atoms with van der Waals surface area (Å²) in [5, 5.41) is 21.6. The van der Waals surface area contributed by atoms with E-state index in [-0.39, 0.29) is 11.9 Å². The highest BCUT2D eigenvalue weighted by Gasteiger charge is 2.37. The predicted molar refractivity (Wildman–Crippen MR) is 60.6 cm³/mol. The first-order valence-electron chi connectivity index (χ1n) is 6.07. The van der Waals surface area contributed by atoms with Gasteiger partial charge in [0.25, 0.3) is 0 Å². The largest absolute Gasteiger partial charge is 0.475 e. The minimum atomic E-state index is -1.40. The molecule has 1 unspecified atom stereocenters. The Kier molecular flexibility index (Phi) is 3.84. The first-order valence-corrected chi connectivity index (χ1v) is 6.07. The van der Waals surface area contributed by atoms with Crippen molar-refractivity contribution in [3.63, 3.8) is 0 Å². The van der Waals surface area contributed by atoms with Crippen molar-refractivity contribution in [2.45, 2.75) is 44.1 Å². The van der Waals surface area contributed by atoms with Gasteiger partial charge in [0.1, 0.15) is 0 Å². The molecule has 3 N–H and O–H groups in total. The third kappa shape index (κ3) is 2.56. The smallest absolute Gasteiger partial charge is 0.426 e. The average Bonchev–Trinajstić information content (AvgIpc) is 2.86. The molecule has 0 spiro atoms. The van der Waals surface area contributed by atoms with Crippen LogP contribution in [-0.4, -0.2) is 53.0 Å². The second-order valence-corrected chi connectivity index (χ2v) is 4.71. The van der Waals surface area contributed by atoms with Crippen LogP contribution >= 0.6 is 0 Å². The second kappa shape index (κ2) is 5.16. The number of carbonyl (C=O) groups is 1. The molecule has 2 aliphatic rings. The van der Waals surface area contributed by atoms with Crippen LogP contribution in [0.15, 0.2) is 0 Å². The van der Waals surface area contributed by atoms with Crippen LogP contribution in [0.25, 0.3) is 0 Å². The Bertz CT molecular complexity index is 256. The van der Waals surface area contributed by atoms with Crippen molar-refractivity contribution in [3.8, 4) is 0 Å². The molecule has 5 nitrogen and oxygen atoms in total. The zero-order valence-corrected chi connectivity index (χ0v) is 9.43. The van der Waals surface area contributed by atoms with Crippen LogP contribution in [0.1, 0.15) is 32.1 Å². The molecule has 2 saturated heterocycles. The molecular weight excluding hydrogens is 207 g/mol. The van der Waals surface area contributed by atoms with E-state index in [2.05, 4.69) is 5.32 Å². The lowest BCUT2D eigenvalue weighted by molar-refractivity contribution is -0.131. The quantitative estimate of drug-likeness (QED) is 0.547. The van der Waals surface area contributed by atoms with Gasteiger partial charge in [0.05, 0.1) is 5.94 Å². The van der Waals surface area contributed by atoms with E-state index in [9.17, 15) is 14.8 Å². The molecule has 2 rings (SSSR count). The minimum absolute atomic E-state index is 0.0509. The van der Waals surface area contributed by atoms with E-state index in [1.165, 1.54) is 0 Å². The number of nitrogens with one attached hydrogen (secondary N) is 1. The summed E-state index contributed by atoms with van der Waals surface area (Å²) in [7, 11) is -1.40. The lowest BCUT2D eigenvalue weighted by atomic mass is 9.78. The van der Waals surface area contributed by atoms with E-state index in [0.29, 0.717) is 19.4 Å². The fourth-order valence-electron chi connectivity index (χ4n) is 2.67. The lowest BCUT2D eigenvalue weighted by Crippen LogP contribution is -2.46. The molecular formula is C10H19BN2O3. The number of hydrogen-bond donors (Lipinski definition) is 3. The van der Waals surface area contributed by atoms with Gasteiger partial charge in [-0.05, 0) is 32.2 Å². The fraction of sp³-hybridized carbons (Fsp3) is 0.900. The highest BCUT2D eigenvalue weighted by atomic mass is 16.4. The zero-order valence-electron chi connectivity index (χ0n) is 9.43. The van der Waals surface area contributed by atoms with E-state index >= 15 is 0 Å². The molecule has 2 aliphatic heterocycles. The average molecular weight is 226 g/mol. The van der Waals surface area contributed by atoms with Gasteiger partial charge in [-0.3, -0.25) is 4.79 Å². The Hall–Kier alpha value is -0.585. The number of amides is 1. The highest BCUT2D eigenvalue weighted by molar-refractivity contribution is 6.43. The van der Waals surface area contributed by atoms with Gasteiger partial charge < -0.3 is 20.3 Å². The third-order valence-electron chi connectivity index (χ3n) is 3.55. The van der Waals surface area contributed by atoms with Crippen molar-refractivity contribution in [2.24, 2.45) is 0 Å². The molecule has 16 heavy (non-hydrogen) atoms. The van der Waals surface area contributed by atoms with E-state index in [0.717, 1.165) is 25.8 Å². The Morgan fingerprint density at radius 2 is 2.19 bits per heavy atom. The molecule has 0 aliphatic carbocycles. The van der Waals surface area contributed by atoms with Crippen molar-refractivity contribution in [2.75, 3.05) is 13.1 Å². The Morgan fingerprint density at radius 3 is 2.81 bits per heavy atom. The maximum atomic E-state index is 12.0. The predicted octanol–water partition coefficient (Wildman–Crippen LogP) is -0.868. The van der Waals surface area contributed by atoms with Gasteiger partial charge in [-0.2, -0.15) is 0 Å². The van der Waals surface area contributed by atoms with E-state index in [1.54, 1.807) is 4.90 Å². The molecule has 6 heteroatoms. The van der Waals surface area contributed by atoms with Crippen LogP contribution in [0.2, 0.25) is 0 Å². The Labute approximate surface area is 96.0 Å². The van der Waals surface area contributed by atoms with Crippen LogP contribution < -0.4 is 5.32 Å². The van der Waals surface area contributed by atoms with Crippen LogP contribution in [-0.2, 0) is 4.79 Å². The minimum Gasteiger partial charge on any atom is -0.426 e. The summed E-state index contributed by atoms with van der Waals surface area (Å²) >= 11 is 0. The van der Waals surface area contributed by atoms with Crippen molar-refractivity contribution in [1.29, 1.82) is 0 Å². The molecule has 0 bridgehead atoms. The lowest BCUT2D eigenvalue weighted by Gasteiger charge is -2.25. The monoisotopic (exact) mass is 226 g/mol. The molecule has 0 radical (unpaired) electrons. The molecule has 0 aromatic carbocycles. The molecule has 90 valence electrons. The standard InChI is InChI=1S/C10H19BN2O3/c14-10(7-8-3-1-5-12-8)13-6-2-4-9(13)11(15)16/h8-9,12,15-16H,1-7H2/t8?,9-/m0/s1. The molecule has 0 saturated carbocycles. The highest BCUT2D eigenvalue weighted by Crippen LogP contribution is 2.20. The van der Waals surface area contributed by atoms with Gasteiger partial charge >= 0.3 is 7.12 Å². The van der Waals surface area contributed by atoms with Crippen LogP contribution in [0.4, 0.5) is 0 Å². The first-order chi connectivity index (χ1) is 7.68. The summed E-state index contributed by atoms with van der Waals surface area (Å²) in [6.07, 6.45) is 4.23. The number of carbonyl (C=O) groups excluding carboxylic acids is 1. The van der Waals surface area contributed by atoms with Crippen LogP contribution in [0, 0.1) is 0 Å². The van der Waals surface area contributed by atoms with Gasteiger partial charge in [-0.25, -0.2) is 0 Å². The normalized spacial score (nSPS) is 29.8. The number of hydrogen-bond acceptors (Lipinski definition) is 4. The Morgan fingerprint density at radius 1 is 1.38 bits per heavy atom. The maximum Gasteiger partial charge on any atom is 0.475 e. The summed E-state index contributed by atoms with van der Waals surface area (Å²) in [5.41, 5.74) is 0. The summed E-state index contributed by atoms with van der Waals surface area (Å²) in [4.78, 5) is 13.6. The fourth-order valence-corrected chi connectivity index (χ4v) is 2.67. The van der Waals surface area contributed by atoms with Gasteiger partial charge in [0, 0.05) is 19.0 Å². The third-order valence-corrected chi connectivity index (χ3v) is 3.55. The van der Waals surface area contributed by atoms with Gasteiger partial charge in [-0.1, -0.05) is 0 Å². The van der Waals surface area contributed by atoms with Crippen molar-refractivity contribution >= 4 is 13.0 Å². The molecule has 2 fully saturated rings. The van der Waals surface area contributed by atoms with Crippen LogP contribution in [0.5, 0.6) is 0 Å².